The molecule has 0 bridgehead atoms. The minimum absolute atomic E-state index is 0.174. The Morgan fingerprint density at radius 3 is 2.40 bits per heavy atom. The van der Waals surface area contributed by atoms with Gasteiger partial charge in [-0.2, -0.15) is 0 Å². The molecular weight excluding hydrogens is 245 g/mol. The van der Waals surface area contributed by atoms with E-state index < -0.39 is 24.6 Å². The predicted octanol–water partition coefficient (Wildman–Crippen LogP) is -0.243. The first-order chi connectivity index (χ1) is 6.78. The molecule has 0 saturated heterocycles. The lowest BCUT2D eigenvalue weighted by Gasteiger charge is -2.19. The highest BCUT2D eigenvalue weighted by atomic mass is 32.5. The fourth-order valence-electron chi connectivity index (χ4n) is 0.761. The Balaban J connectivity index is 4.35. The van der Waals surface area contributed by atoms with Crippen molar-refractivity contribution >= 4 is 30.4 Å². The number of hydrogen-bond acceptors (Lipinski definition) is 4. The van der Waals surface area contributed by atoms with Crippen LogP contribution in [0.5, 0.6) is 0 Å². The molecular formula is C6H12NO6PS. The van der Waals surface area contributed by atoms with Crippen LogP contribution in [0.25, 0.3) is 0 Å². The van der Waals surface area contributed by atoms with Crippen molar-refractivity contribution in [1.82, 2.24) is 5.09 Å². The minimum atomic E-state index is -3.33. The summed E-state index contributed by atoms with van der Waals surface area (Å²) in [6, 6.07) is -1.23. The number of rotatable bonds is 7. The van der Waals surface area contributed by atoms with E-state index in [-0.39, 0.29) is 12.8 Å². The summed E-state index contributed by atoms with van der Waals surface area (Å²) >= 11 is 4.54. The zero-order valence-electron chi connectivity index (χ0n) is 7.91. The minimum Gasteiger partial charge on any atom is -0.481 e. The lowest BCUT2D eigenvalue weighted by molar-refractivity contribution is -0.140. The molecule has 0 fully saturated rings. The molecule has 0 aliphatic carbocycles. The third kappa shape index (κ3) is 6.53. The van der Waals surface area contributed by atoms with E-state index in [4.69, 9.17) is 10.2 Å². The molecule has 9 heteroatoms. The fourth-order valence-corrected chi connectivity index (χ4v) is 1.88. The van der Waals surface area contributed by atoms with Gasteiger partial charge in [-0.3, -0.25) is 9.59 Å². The van der Waals surface area contributed by atoms with Gasteiger partial charge in [0.1, 0.15) is 6.04 Å². The van der Waals surface area contributed by atoms with E-state index in [0.717, 1.165) is 7.11 Å². The molecule has 0 heterocycles. The SMILES string of the molecule is COP(O)(=S)N[C@@H](CCC(=O)O)C(=O)O. The van der Waals surface area contributed by atoms with Gasteiger partial charge < -0.3 is 19.6 Å². The number of aliphatic carboxylic acids is 2. The Labute approximate surface area is 91.3 Å². The Bertz CT molecular complexity index is 295. The molecule has 0 aromatic heterocycles. The number of carboxylic acids is 2. The summed E-state index contributed by atoms with van der Waals surface area (Å²) in [6.45, 7) is -3.33. The Hall–Kier alpha value is -0.530. The topological polar surface area (TPSA) is 116 Å². The van der Waals surface area contributed by atoms with Crippen molar-refractivity contribution in [3.8, 4) is 0 Å². The lowest BCUT2D eigenvalue weighted by Crippen LogP contribution is -2.35. The summed E-state index contributed by atoms with van der Waals surface area (Å²) in [6.07, 6.45) is -0.504. The second kappa shape index (κ2) is 6.14. The van der Waals surface area contributed by atoms with Gasteiger partial charge in [0.2, 0.25) is 0 Å². The summed E-state index contributed by atoms with van der Waals surface area (Å²) in [4.78, 5) is 30.2. The molecule has 0 rings (SSSR count). The maximum absolute atomic E-state index is 10.7. The maximum Gasteiger partial charge on any atom is 0.321 e. The van der Waals surface area contributed by atoms with E-state index in [1.807, 2.05) is 0 Å². The van der Waals surface area contributed by atoms with Gasteiger partial charge in [-0.05, 0) is 18.2 Å². The number of carbonyl (C=O) groups is 2. The van der Waals surface area contributed by atoms with Crippen LogP contribution in [0.2, 0.25) is 0 Å². The van der Waals surface area contributed by atoms with Crippen molar-refractivity contribution in [1.29, 1.82) is 0 Å². The lowest BCUT2D eigenvalue weighted by atomic mass is 10.2. The van der Waals surface area contributed by atoms with E-state index in [9.17, 15) is 14.5 Å². The number of carboxylic acid groups (broad SMARTS) is 2. The highest BCUT2D eigenvalue weighted by Gasteiger charge is 2.24. The largest absolute Gasteiger partial charge is 0.481 e. The molecule has 4 N–H and O–H groups in total. The zero-order valence-corrected chi connectivity index (χ0v) is 9.62. The van der Waals surface area contributed by atoms with Gasteiger partial charge in [0, 0.05) is 13.5 Å². The van der Waals surface area contributed by atoms with Crippen molar-refractivity contribution in [3.63, 3.8) is 0 Å². The van der Waals surface area contributed by atoms with Gasteiger partial charge in [-0.15, -0.1) is 0 Å². The van der Waals surface area contributed by atoms with Crippen LogP contribution in [-0.4, -0.2) is 40.2 Å². The van der Waals surface area contributed by atoms with Gasteiger partial charge in [0.05, 0.1) is 0 Å². The van der Waals surface area contributed by atoms with Crippen LogP contribution in [0.15, 0.2) is 0 Å². The molecule has 0 saturated carbocycles. The highest BCUT2D eigenvalue weighted by molar-refractivity contribution is 8.08. The summed E-state index contributed by atoms with van der Waals surface area (Å²) in [5.41, 5.74) is 0. The molecule has 0 spiro atoms. The maximum atomic E-state index is 10.7. The van der Waals surface area contributed by atoms with Crippen LogP contribution in [0.4, 0.5) is 0 Å². The van der Waals surface area contributed by atoms with Crippen LogP contribution in [0.1, 0.15) is 12.8 Å². The van der Waals surface area contributed by atoms with Gasteiger partial charge >= 0.3 is 11.9 Å². The van der Waals surface area contributed by atoms with E-state index in [2.05, 4.69) is 21.4 Å². The Morgan fingerprint density at radius 1 is 1.53 bits per heavy atom. The number of nitrogens with one attached hydrogen (secondary N) is 1. The van der Waals surface area contributed by atoms with Crippen LogP contribution < -0.4 is 5.09 Å². The number of hydrogen-bond donors (Lipinski definition) is 4. The van der Waals surface area contributed by atoms with E-state index in [0.29, 0.717) is 0 Å². The Kier molecular flexibility index (Phi) is 5.92. The molecule has 0 aliphatic rings. The third-order valence-corrected chi connectivity index (χ3v) is 3.41. The smallest absolute Gasteiger partial charge is 0.321 e. The van der Waals surface area contributed by atoms with E-state index >= 15 is 0 Å². The molecule has 0 radical (unpaired) electrons. The van der Waals surface area contributed by atoms with Crippen LogP contribution in [-0.2, 0) is 25.9 Å². The van der Waals surface area contributed by atoms with Crippen molar-refractivity contribution < 1.29 is 29.2 Å². The van der Waals surface area contributed by atoms with Crippen LogP contribution in [0.3, 0.4) is 0 Å². The summed E-state index contributed by atoms with van der Waals surface area (Å²) < 4.78 is 4.48. The summed E-state index contributed by atoms with van der Waals surface area (Å²) in [5.74, 6) is -2.40. The summed E-state index contributed by atoms with van der Waals surface area (Å²) in [5, 5.41) is 19.3. The molecule has 88 valence electrons. The van der Waals surface area contributed by atoms with Gasteiger partial charge in [0.25, 0.3) is 6.64 Å². The van der Waals surface area contributed by atoms with Crippen molar-refractivity contribution in [2.75, 3.05) is 7.11 Å². The van der Waals surface area contributed by atoms with Gasteiger partial charge in [-0.25, -0.2) is 5.09 Å². The summed E-state index contributed by atoms with van der Waals surface area (Å²) in [7, 11) is 1.14. The zero-order chi connectivity index (χ0) is 12.1. The molecule has 15 heavy (non-hydrogen) atoms. The van der Waals surface area contributed by atoms with E-state index in [1.54, 1.807) is 0 Å². The quantitative estimate of drug-likeness (QED) is 0.462. The average molecular weight is 257 g/mol. The molecule has 1 unspecified atom stereocenters. The monoisotopic (exact) mass is 257 g/mol. The molecule has 0 aromatic rings. The first-order valence-electron chi connectivity index (χ1n) is 3.89. The standard InChI is InChI=1S/C6H12NO6PS/c1-13-14(12,15)7-4(6(10)11)2-3-5(8)9/h4H,2-3H2,1H3,(H,8,9)(H,10,11)(H2,7,12,15)/t4-,14?/m0/s1. The molecule has 7 nitrogen and oxygen atoms in total. The van der Waals surface area contributed by atoms with Gasteiger partial charge in [0.15, 0.2) is 0 Å². The average Bonchev–Trinajstić information content (AvgIpc) is 2.11. The second-order valence-electron chi connectivity index (χ2n) is 2.66. The Morgan fingerprint density at radius 2 is 2.07 bits per heavy atom. The van der Waals surface area contributed by atoms with Crippen LogP contribution >= 0.6 is 6.64 Å². The van der Waals surface area contributed by atoms with Crippen molar-refractivity contribution in [2.45, 2.75) is 18.9 Å². The fraction of sp³-hybridized carbons (Fsp3) is 0.667. The van der Waals surface area contributed by atoms with Gasteiger partial charge in [-0.1, -0.05) is 0 Å². The molecule has 0 aliphatic heterocycles. The first kappa shape index (κ1) is 14.5. The first-order valence-corrected chi connectivity index (χ1v) is 6.56. The van der Waals surface area contributed by atoms with Crippen molar-refractivity contribution in [2.24, 2.45) is 0 Å². The van der Waals surface area contributed by atoms with E-state index in [1.165, 1.54) is 0 Å². The normalized spacial score (nSPS) is 16.7. The molecule has 0 amide bonds. The van der Waals surface area contributed by atoms with Crippen molar-refractivity contribution in [3.05, 3.63) is 0 Å². The third-order valence-electron chi connectivity index (χ3n) is 1.51. The second-order valence-corrected chi connectivity index (χ2v) is 5.80. The molecule has 2 atom stereocenters. The van der Waals surface area contributed by atoms with Crippen LogP contribution in [0, 0.1) is 0 Å². The predicted molar refractivity (Wildman–Crippen MR) is 54.9 cm³/mol. The molecule has 0 aromatic carbocycles. The highest BCUT2D eigenvalue weighted by Crippen LogP contribution is 2.36.